The van der Waals surface area contributed by atoms with Crippen molar-refractivity contribution in [2.45, 2.75) is 13.8 Å². The second kappa shape index (κ2) is 5.19. The van der Waals surface area contributed by atoms with Crippen LogP contribution in [0.2, 0.25) is 0 Å². The second-order valence-electron chi connectivity index (χ2n) is 2.32. The number of rotatable bonds is 3. The van der Waals surface area contributed by atoms with E-state index in [0.717, 1.165) is 0 Å². The van der Waals surface area contributed by atoms with Gasteiger partial charge in [-0.05, 0) is 5.92 Å². The van der Waals surface area contributed by atoms with Gasteiger partial charge in [0.25, 0.3) is 5.87 Å². The summed E-state index contributed by atoms with van der Waals surface area (Å²) in [6, 6.07) is 0. The lowest BCUT2D eigenvalue weighted by molar-refractivity contribution is 0.158. The van der Waals surface area contributed by atoms with Gasteiger partial charge in [0, 0.05) is 0 Å². The lowest BCUT2D eigenvalue weighted by Gasteiger charge is -2.05. The third-order valence-corrected chi connectivity index (χ3v) is 1.48. The van der Waals surface area contributed by atoms with E-state index in [4.69, 9.17) is 4.74 Å². The van der Waals surface area contributed by atoms with Gasteiger partial charge in [0.2, 0.25) is 0 Å². The summed E-state index contributed by atoms with van der Waals surface area (Å²) < 4.78 is 4.46. The van der Waals surface area contributed by atoms with Crippen molar-refractivity contribution < 1.29 is 9.53 Å². The summed E-state index contributed by atoms with van der Waals surface area (Å²) in [4.78, 5) is 10.7. The number of carbonyl (C=O) groups excluding carboxylic acids is 1. The molecule has 0 spiro atoms. The Labute approximate surface area is 77.7 Å². The SMILES string of the molecule is CC(C)COC(=O)B(Br)Br. The van der Waals surface area contributed by atoms with Crippen LogP contribution in [-0.4, -0.2) is 16.8 Å². The summed E-state index contributed by atoms with van der Waals surface area (Å²) in [6.07, 6.45) is 0. The quantitative estimate of drug-likeness (QED) is 0.738. The fourth-order valence-corrected chi connectivity index (χ4v) is 0.576. The molecule has 0 saturated heterocycles. The number of carbonyl (C=O) groups is 1. The zero-order valence-corrected chi connectivity index (χ0v) is 9.11. The van der Waals surface area contributed by atoms with E-state index in [0.29, 0.717) is 12.5 Å². The Morgan fingerprint density at radius 3 is 2.40 bits per heavy atom. The van der Waals surface area contributed by atoms with Gasteiger partial charge in [-0.25, -0.2) is 0 Å². The Morgan fingerprint density at radius 1 is 1.60 bits per heavy atom. The molecule has 0 amide bonds. The standard InChI is InChI=1S/C5H9BBr2O2/c1-4(2)3-10-5(9)6(7)8/h4H,3H2,1-2H3. The van der Waals surface area contributed by atoms with E-state index < -0.39 is 0 Å². The Hall–Kier alpha value is 0.495. The van der Waals surface area contributed by atoms with Gasteiger partial charge in [0.15, 0.2) is 0 Å². The van der Waals surface area contributed by atoms with Crippen LogP contribution in [0.15, 0.2) is 0 Å². The van der Waals surface area contributed by atoms with Crippen LogP contribution in [0, 0.1) is 5.92 Å². The molecule has 0 unspecified atom stereocenters. The highest BCUT2D eigenvalue weighted by Gasteiger charge is 2.17. The predicted octanol–water partition coefficient (Wildman–Crippen LogP) is 2.64. The largest absolute Gasteiger partial charge is 0.472 e. The van der Waals surface area contributed by atoms with Gasteiger partial charge in [-0.3, -0.25) is 4.79 Å². The zero-order chi connectivity index (χ0) is 8.15. The Kier molecular flexibility index (Phi) is 5.44. The molecule has 0 bridgehead atoms. The van der Waals surface area contributed by atoms with Gasteiger partial charge < -0.3 is 4.74 Å². The highest BCUT2D eigenvalue weighted by Crippen LogP contribution is 2.06. The predicted molar refractivity (Wildman–Crippen MR) is 49.8 cm³/mol. The third-order valence-electron chi connectivity index (χ3n) is 0.737. The first kappa shape index (κ1) is 10.5. The van der Waals surface area contributed by atoms with Crippen LogP contribution in [0.1, 0.15) is 13.8 Å². The highest BCUT2D eigenvalue weighted by molar-refractivity contribution is 9.50. The Balaban J connectivity index is 3.40. The van der Waals surface area contributed by atoms with Crippen LogP contribution in [-0.2, 0) is 4.74 Å². The smallest absolute Gasteiger partial charge is 0.425 e. The summed E-state index contributed by atoms with van der Waals surface area (Å²) in [6.45, 7) is 4.46. The number of halogens is 2. The van der Waals surface area contributed by atoms with Crippen LogP contribution < -0.4 is 0 Å². The van der Waals surface area contributed by atoms with E-state index >= 15 is 0 Å². The molecular weight excluding hydrogens is 263 g/mol. The molecule has 0 aliphatic rings. The minimum Gasteiger partial charge on any atom is -0.472 e. The molecule has 0 aliphatic heterocycles. The van der Waals surface area contributed by atoms with E-state index in [1.807, 2.05) is 13.8 Å². The van der Waals surface area contributed by atoms with E-state index in [1.165, 1.54) is 0 Å². The fourth-order valence-electron chi connectivity index (χ4n) is 0.312. The molecule has 0 aromatic heterocycles. The van der Waals surface area contributed by atoms with Gasteiger partial charge in [0.1, 0.15) is 0 Å². The molecule has 58 valence electrons. The van der Waals surface area contributed by atoms with Crippen molar-refractivity contribution in [1.82, 2.24) is 0 Å². The number of ether oxygens (including phenoxy) is 1. The minimum absolute atomic E-state index is 0.270. The molecule has 5 heteroatoms. The van der Waals surface area contributed by atoms with E-state index in [2.05, 4.69) is 31.5 Å². The van der Waals surface area contributed by atoms with Crippen molar-refractivity contribution in [3.05, 3.63) is 0 Å². The molecule has 0 radical (unpaired) electrons. The van der Waals surface area contributed by atoms with Crippen molar-refractivity contribution in [3.8, 4) is 0 Å². The maximum absolute atomic E-state index is 10.7. The maximum atomic E-state index is 10.7. The monoisotopic (exact) mass is 270 g/mol. The van der Waals surface area contributed by atoms with Gasteiger partial charge in [-0.2, -0.15) is 0 Å². The molecule has 0 aromatic rings. The van der Waals surface area contributed by atoms with Crippen LogP contribution >= 0.6 is 31.5 Å². The first-order valence-corrected chi connectivity index (χ1v) is 4.82. The van der Waals surface area contributed by atoms with Crippen molar-refractivity contribution in [1.29, 1.82) is 0 Å². The van der Waals surface area contributed by atoms with Crippen molar-refractivity contribution in [3.63, 3.8) is 0 Å². The van der Waals surface area contributed by atoms with E-state index in [-0.39, 0.29) is 10.2 Å². The van der Waals surface area contributed by atoms with Crippen molar-refractivity contribution in [2.75, 3.05) is 6.61 Å². The summed E-state index contributed by atoms with van der Waals surface area (Å²) in [5.74, 6) is 0.122. The first-order valence-electron chi connectivity index (χ1n) is 2.98. The lowest BCUT2D eigenvalue weighted by atomic mass is 10.1. The first-order chi connectivity index (χ1) is 4.54. The fraction of sp³-hybridized carbons (Fsp3) is 0.800. The normalized spacial score (nSPS) is 9.70. The molecule has 0 aromatic carbocycles. The molecule has 0 fully saturated rings. The van der Waals surface area contributed by atoms with Gasteiger partial charge in [0.05, 0.1) is 6.61 Å². The number of hydrogen-bond donors (Lipinski definition) is 0. The van der Waals surface area contributed by atoms with Crippen LogP contribution in [0.25, 0.3) is 0 Å². The molecule has 0 saturated carbocycles. The molecule has 0 heterocycles. The van der Waals surface area contributed by atoms with E-state index in [1.54, 1.807) is 0 Å². The molecule has 0 N–H and O–H groups in total. The van der Waals surface area contributed by atoms with Crippen molar-refractivity contribution >= 4 is 41.7 Å². The Bertz CT molecular complexity index is 116. The van der Waals surface area contributed by atoms with Gasteiger partial charge in [-0.15, -0.1) is 31.5 Å². The summed E-state index contributed by atoms with van der Waals surface area (Å²) >= 11 is 6.06. The topological polar surface area (TPSA) is 26.3 Å². The summed E-state index contributed by atoms with van der Waals surface area (Å²) in [5.41, 5.74) is 0. The van der Waals surface area contributed by atoms with Crippen LogP contribution in [0.4, 0.5) is 4.79 Å². The molecule has 10 heavy (non-hydrogen) atoms. The molecule has 2 nitrogen and oxygen atoms in total. The van der Waals surface area contributed by atoms with Crippen LogP contribution in [0.5, 0.6) is 0 Å². The lowest BCUT2D eigenvalue weighted by Crippen LogP contribution is -2.16. The van der Waals surface area contributed by atoms with Crippen molar-refractivity contribution in [2.24, 2.45) is 5.92 Å². The molecular formula is C5H9BBr2O2. The zero-order valence-electron chi connectivity index (χ0n) is 5.93. The molecule has 0 atom stereocenters. The maximum Gasteiger partial charge on any atom is 0.425 e. The average molecular weight is 272 g/mol. The average Bonchev–Trinajstić information content (AvgIpc) is 1.82. The van der Waals surface area contributed by atoms with Gasteiger partial charge >= 0.3 is 4.36 Å². The summed E-state index contributed by atoms with van der Waals surface area (Å²) in [7, 11) is 0. The summed E-state index contributed by atoms with van der Waals surface area (Å²) in [5, 5.41) is 0. The van der Waals surface area contributed by atoms with Gasteiger partial charge in [-0.1, -0.05) is 13.8 Å². The minimum atomic E-state index is -0.376. The second-order valence-corrected chi connectivity index (χ2v) is 5.38. The van der Waals surface area contributed by atoms with E-state index in [9.17, 15) is 4.79 Å². The highest BCUT2D eigenvalue weighted by atomic mass is 79.9. The Morgan fingerprint density at radius 2 is 2.10 bits per heavy atom. The van der Waals surface area contributed by atoms with Crippen LogP contribution in [0.3, 0.4) is 0 Å². The molecule has 0 aliphatic carbocycles. The molecule has 0 rings (SSSR count). The number of hydrogen-bond acceptors (Lipinski definition) is 2. The third kappa shape index (κ3) is 5.29.